The lowest BCUT2D eigenvalue weighted by molar-refractivity contribution is 0.0698. The molecular formula is C10H4BrClFNO2. The van der Waals surface area contributed by atoms with E-state index in [0.29, 0.717) is 0 Å². The van der Waals surface area contributed by atoms with E-state index in [9.17, 15) is 9.18 Å². The zero-order valence-corrected chi connectivity index (χ0v) is 10.0. The molecule has 16 heavy (non-hydrogen) atoms. The molecule has 3 nitrogen and oxygen atoms in total. The Labute approximate surface area is 103 Å². The molecule has 0 atom stereocenters. The smallest absolute Gasteiger partial charge is 0.337 e. The number of carboxylic acids is 1. The Balaban J connectivity index is 3.00. The van der Waals surface area contributed by atoms with Gasteiger partial charge in [0.1, 0.15) is 16.5 Å². The Morgan fingerprint density at radius 1 is 1.50 bits per heavy atom. The van der Waals surface area contributed by atoms with Gasteiger partial charge in [0.15, 0.2) is 0 Å². The quantitative estimate of drug-likeness (QED) is 0.821. The van der Waals surface area contributed by atoms with Crippen molar-refractivity contribution in [3.63, 3.8) is 0 Å². The molecule has 1 N–H and O–H groups in total. The summed E-state index contributed by atoms with van der Waals surface area (Å²) in [5, 5.41) is 9.18. The van der Waals surface area contributed by atoms with Crippen molar-refractivity contribution in [2.75, 3.05) is 0 Å². The van der Waals surface area contributed by atoms with Crippen molar-refractivity contribution in [1.82, 2.24) is 4.98 Å². The number of para-hydroxylation sites is 1. The summed E-state index contributed by atoms with van der Waals surface area (Å²) in [6, 6.07) is 4.10. The Bertz CT molecular complexity index is 603. The molecule has 0 aliphatic carbocycles. The summed E-state index contributed by atoms with van der Waals surface area (Å²) in [6.45, 7) is 0. The fourth-order valence-electron chi connectivity index (χ4n) is 1.41. The number of halogens is 3. The molecule has 0 saturated heterocycles. The number of aromatic carboxylic acids is 1. The van der Waals surface area contributed by atoms with Crippen LogP contribution in [0.2, 0.25) is 5.15 Å². The van der Waals surface area contributed by atoms with Crippen molar-refractivity contribution in [3.05, 3.63) is 39.2 Å². The number of rotatable bonds is 1. The van der Waals surface area contributed by atoms with E-state index < -0.39 is 11.8 Å². The average molecular weight is 305 g/mol. The highest BCUT2D eigenvalue weighted by molar-refractivity contribution is 9.10. The fourth-order valence-corrected chi connectivity index (χ4v) is 2.06. The van der Waals surface area contributed by atoms with Gasteiger partial charge in [-0.15, -0.1) is 0 Å². The van der Waals surface area contributed by atoms with E-state index in [1.807, 2.05) is 0 Å². The van der Waals surface area contributed by atoms with Crippen molar-refractivity contribution in [1.29, 1.82) is 0 Å². The van der Waals surface area contributed by atoms with Gasteiger partial charge in [0.25, 0.3) is 0 Å². The maximum atomic E-state index is 13.4. The molecule has 2 rings (SSSR count). The van der Waals surface area contributed by atoms with E-state index in [2.05, 4.69) is 20.9 Å². The highest BCUT2D eigenvalue weighted by Crippen LogP contribution is 2.31. The highest BCUT2D eigenvalue weighted by Gasteiger charge is 2.18. The van der Waals surface area contributed by atoms with Crippen LogP contribution in [0.25, 0.3) is 10.9 Å². The van der Waals surface area contributed by atoms with E-state index >= 15 is 0 Å². The molecule has 6 heteroatoms. The van der Waals surface area contributed by atoms with Crippen molar-refractivity contribution in [3.8, 4) is 0 Å². The molecule has 82 valence electrons. The Kier molecular flexibility index (Phi) is 2.82. The van der Waals surface area contributed by atoms with Crippen molar-refractivity contribution in [2.45, 2.75) is 0 Å². The molecule has 1 aromatic heterocycles. The predicted octanol–water partition coefficient (Wildman–Crippen LogP) is 3.49. The monoisotopic (exact) mass is 303 g/mol. The lowest BCUT2D eigenvalue weighted by Gasteiger charge is -2.06. The summed E-state index contributed by atoms with van der Waals surface area (Å²) in [4.78, 5) is 14.9. The number of hydrogen-bond donors (Lipinski definition) is 1. The second kappa shape index (κ2) is 3.99. The van der Waals surface area contributed by atoms with E-state index in [1.54, 1.807) is 0 Å². The summed E-state index contributed by atoms with van der Waals surface area (Å²) in [5.41, 5.74) is -0.136. The van der Waals surface area contributed by atoms with Gasteiger partial charge >= 0.3 is 5.97 Å². The van der Waals surface area contributed by atoms with Gasteiger partial charge in [0, 0.05) is 5.39 Å². The standard InChI is InChI=1S/C10H4BrClFNO2/c11-7-6(10(15)16)4-2-1-3-5(13)8(4)14-9(7)12/h1-3H,(H,15,16). The fraction of sp³-hybridized carbons (Fsp3) is 0. The molecule has 0 bridgehead atoms. The van der Waals surface area contributed by atoms with Crippen LogP contribution in [0.5, 0.6) is 0 Å². The van der Waals surface area contributed by atoms with E-state index in [4.69, 9.17) is 16.7 Å². The lowest BCUT2D eigenvalue weighted by atomic mass is 10.1. The maximum absolute atomic E-state index is 13.4. The van der Waals surface area contributed by atoms with Crippen LogP contribution in [0, 0.1) is 5.82 Å². The van der Waals surface area contributed by atoms with Gasteiger partial charge in [-0.25, -0.2) is 14.2 Å². The lowest BCUT2D eigenvalue weighted by Crippen LogP contribution is -2.02. The van der Waals surface area contributed by atoms with Crippen LogP contribution in [0.3, 0.4) is 0 Å². The van der Waals surface area contributed by atoms with E-state index in [-0.39, 0.29) is 26.1 Å². The van der Waals surface area contributed by atoms with E-state index in [0.717, 1.165) is 0 Å². The molecule has 1 aromatic carbocycles. The second-order valence-corrected chi connectivity index (χ2v) is 4.18. The highest BCUT2D eigenvalue weighted by atomic mass is 79.9. The third-order valence-corrected chi connectivity index (χ3v) is 3.35. The van der Waals surface area contributed by atoms with Gasteiger partial charge in [-0.3, -0.25) is 0 Å². The number of pyridine rings is 1. The van der Waals surface area contributed by atoms with Crippen molar-refractivity contribution >= 4 is 44.4 Å². The molecule has 0 aliphatic rings. The van der Waals surface area contributed by atoms with Crippen LogP contribution >= 0.6 is 27.5 Å². The summed E-state index contributed by atoms with van der Waals surface area (Å²) >= 11 is 8.75. The van der Waals surface area contributed by atoms with Gasteiger partial charge < -0.3 is 5.11 Å². The zero-order valence-electron chi connectivity index (χ0n) is 7.67. The maximum Gasteiger partial charge on any atom is 0.337 e. The number of carboxylic acid groups (broad SMARTS) is 1. The number of nitrogens with zero attached hydrogens (tertiary/aromatic N) is 1. The van der Waals surface area contributed by atoms with Crippen LogP contribution < -0.4 is 0 Å². The SMILES string of the molecule is O=C(O)c1c(Br)c(Cl)nc2c(F)cccc12. The molecule has 0 saturated carbocycles. The van der Waals surface area contributed by atoms with Crippen LogP contribution in [0.1, 0.15) is 10.4 Å². The first-order valence-electron chi connectivity index (χ1n) is 4.19. The number of carbonyl (C=O) groups is 1. The Morgan fingerprint density at radius 3 is 2.81 bits per heavy atom. The van der Waals surface area contributed by atoms with Gasteiger partial charge in [-0.05, 0) is 22.0 Å². The first-order valence-corrected chi connectivity index (χ1v) is 5.36. The van der Waals surface area contributed by atoms with Gasteiger partial charge in [0.2, 0.25) is 0 Å². The van der Waals surface area contributed by atoms with Crippen molar-refractivity contribution in [2.24, 2.45) is 0 Å². The molecular weight excluding hydrogens is 300 g/mol. The third-order valence-electron chi connectivity index (χ3n) is 2.08. The number of benzene rings is 1. The predicted molar refractivity (Wildman–Crippen MR) is 61.4 cm³/mol. The number of hydrogen-bond acceptors (Lipinski definition) is 2. The largest absolute Gasteiger partial charge is 0.478 e. The van der Waals surface area contributed by atoms with Gasteiger partial charge in [-0.1, -0.05) is 23.7 Å². The van der Waals surface area contributed by atoms with Crippen LogP contribution in [-0.2, 0) is 0 Å². The molecule has 0 radical (unpaired) electrons. The summed E-state index contributed by atoms with van der Waals surface area (Å²) in [6.07, 6.45) is 0. The summed E-state index contributed by atoms with van der Waals surface area (Å²) in [7, 11) is 0. The number of fused-ring (bicyclic) bond motifs is 1. The minimum Gasteiger partial charge on any atom is -0.478 e. The molecule has 0 fully saturated rings. The first kappa shape index (κ1) is 11.3. The molecule has 0 amide bonds. The first-order chi connectivity index (χ1) is 7.52. The summed E-state index contributed by atoms with van der Waals surface area (Å²) in [5.74, 6) is -1.79. The molecule has 2 aromatic rings. The minimum atomic E-state index is -1.19. The molecule has 0 spiro atoms. The van der Waals surface area contributed by atoms with Crippen LogP contribution in [0.15, 0.2) is 22.7 Å². The normalized spacial score (nSPS) is 10.7. The van der Waals surface area contributed by atoms with Gasteiger partial charge in [0.05, 0.1) is 10.0 Å². The van der Waals surface area contributed by atoms with E-state index in [1.165, 1.54) is 18.2 Å². The topological polar surface area (TPSA) is 50.2 Å². The van der Waals surface area contributed by atoms with Gasteiger partial charge in [-0.2, -0.15) is 0 Å². The molecule has 0 aliphatic heterocycles. The molecule has 1 heterocycles. The molecule has 0 unspecified atom stereocenters. The van der Waals surface area contributed by atoms with Crippen LogP contribution in [0.4, 0.5) is 4.39 Å². The Morgan fingerprint density at radius 2 is 2.19 bits per heavy atom. The second-order valence-electron chi connectivity index (χ2n) is 3.03. The van der Waals surface area contributed by atoms with Crippen LogP contribution in [-0.4, -0.2) is 16.1 Å². The summed E-state index contributed by atoms with van der Waals surface area (Å²) < 4.78 is 13.6. The number of aromatic nitrogens is 1. The zero-order chi connectivity index (χ0) is 11.9. The Hall–Kier alpha value is -1.20. The third kappa shape index (κ3) is 1.66. The average Bonchev–Trinajstić information content (AvgIpc) is 2.21. The minimum absolute atomic E-state index is 0.0481. The van der Waals surface area contributed by atoms with Crippen molar-refractivity contribution < 1.29 is 14.3 Å².